The van der Waals surface area contributed by atoms with E-state index < -0.39 is 24.5 Å². The standard InChI is InChI=1S/C18H15F3O3/c1-2-24-17(23)16(18(19,20)21)10-15(11-22)14-8-7-12-5-3-4-6-13(12)9-14/h3-9,16H,2,10H2,1H3. The van der Waals surface area contributed by atoms with E-state index in [1.807, 2.05) is 12.1 Å². The summed E-state index contributed by atoms with van der Waals surface area (Å²) in [5, 5.41) is 1.67. The lowest BCUT2D eigenvalue weighted by atomic mass is 9.93. The molecule has 2 aromatic rings. The number of benzene rings is 2. The molecule has 24 heavy (non-hydrogen) atoms. The van der Waals surface area contributed by atoms with E-state index in [1.54, 1.807) is 36.3 Å². The first-order chi connectivity index (χ1) is 11.4. The second kappa shape index (κ2) is 7.32. The van der Waals surface area contributed by atoms with Crippen LogP contribution < -0.4 is 0 Å². The zero-order valence-electron chi connectivity index (χ0n) is 12.9. The van der Waals surface area contributed by atoms with E-state index >= 15 is 0 Å². The molecule has 0 amide bonds. The molecule has 2 rings (SSSR count). The number of alkyl halides is 3. The molecule has 3 nitrogen and oxygen atoms in total. The number of ether oxygens (including phenoxy) is 1. The van der Waals surface area contributed by atoms with Gasteiger partial charge in [0.1, 0.15) is 5.94 Å². The summed E-state index contributed by atoms with van der Waals surface area (Å²) in [6, 6.07) is 12.1. The van der Waals surface area contributed by atoms with Gasteiger partial charge in [-0.2, -0.15) is 13.2 Å². The highest BCUT2D eigenvalue weighted by atomic mass is 19.4. The molecule has 0 saturated heterocycles. The fourth-order valence-electron chi connectivity index (χ4n) is 2.38. The summed E-state index contributed by atoms with van der Waals surface area (Å²) in [7, 11) is 0. The van der Waals surface area contributed by atoms with Gasteiger partial charge in [-0.15, -0.1) is 0 Å². The molecule has 0 saturated carbocycles. The third kappa shape index (κ3) is 4.03. The van der Waals surface area contributed by atoms with Crippen LogP contribution in [0.4, 0.5) is 13.2 Å². The van der Waals surface area contributed by atoms with Gasteiger partial charge in [0.15, 0.2) is 5.92 Å². The molecule has 2 aromatic carbocycles. The first kappa shape index (κ1) is 17.8. The number of allylic oxidation sites excluding steroid dienone is 1. The topological polar surface area (TPSA) is 43.4 Å². The lowest BCUT2D eigenvalue weighted by molar-refractivity contribution is -0.196. The SMILES string of the molecule is CCOC(=O)C(CC(=C=O)c1ccc2ccccc2c1)C(F)(F)F. The monoisotopic (exact) mass is 336 g/mol. The van der Waals surface area contributed by atoms with Crippen molar-refractivity contribution < 1.29 is 27.5 Å². The summed E-state index contributed by atoms with van der Waals surface area (Å²) in [4.78, 5) is 22.8. The maximum absolute atomic E-state index is 13.1. The Kier molecular flexibility index (Phi) is 5.42. The molecule has 1 atom stereocenters. The summed E-state index contributed by atoms with van der Waals surface area (Å²) in [6.07, 6.45) is -5.60. The van der Waals surface area contributed by atoms with Gasteiger partial charge in [-0.1, -0.05) is 36.4 Å². The minimum Gasteiger partial charge on any atom is -0.466 e. The van der Waals surface area contributed by atoms with Crippen LogP contribution >= 0.6 is 0 Å². The first-order valence-corrected chi connectivity index (χ1v) is 7.33. The van der Waals surface area contributed by atoms with Crippen LogP contribution in [-0.4, -0.2) is 24.7 Å². The second-order valence-corrected chi connectivity index (χ2v) is 5.19. The molecule has 6 heteroatoms. The zero-order chi connectivity index (χ0) is 17.7. The van der Waals surface area contributed by atoms with Gasteiger partial charge in [0.05, 0.1) is 6.61 Å². The molecule has 0 aliphatic heterocycles. The number of hydrogen-bond donors (Lipinski definition) is 0. The predicted octanol–water partition coefficient (Wildman–Crippen LogP) is 4.19. The van der Waals surface area contributed by atoms with Crippen LogP contribution in [0.5, 0.6) is 0 Å². The van der Waals surface area contributed by atoms with Crippen molar-refractivity contribution in [3.8, 4) is 0 Å². The average Bonchev–Trinajstić information content (AvgIpc) is 2.54. The van der Waals surface area contributed by atoms with Gasteiger partial charge in [0.2, 0.25) is 0 Å². The van der Waals surface area contributed by atoms with Gasteiger partial charge < -0.3 is 4.74 Å². The molecule has 1 unspecified atom stereocenters. The van der Waals surface area contributed by atoms with Gasteiger partial charge in [0.25, 0.3) is 0 Å². The lowest BCUT2D eigenvalue weighted by Gasteiger charge is -2.19. The number of carbonyl (C=O) groups is 1. The molecule has 126 valence electrons. The highest BCUT2D eigenvalue weighted by Crippen LogP contribution is 2.35. The van der Waals surface area contributed by atoms with Crippen LogP contribution in [-0.2, 0) is 14.3 Å². The average molecular weight is 336 g/mol. The van der Waals surface area contributed by atoms with E-state index in [4.69, 9.17) is 0 Å². The quantitative estimate of drug-likeness (QED) is 0.607. The van der Waals surface area contributed by atoms with Crippen molar-refractivity contribution in [2.45, 2.75) is 19.5 Å². The van der Waals surface area contributed by atoms with Crippen LogP contribution in [0.3, 0.4) is 0 Å². The van der Waals surface area contributed by atoms with Crippen molar-refractivity contribution in [2.24, 2.45) is 5.92 Å². The predicted molar refractivity (Wildman–Crippen MR) is 83.8 cm³/mol. The van der Waals surface area contributed by atoms with Crippen molar-refractivity contribution in [1.82, 2.24) is 0 Å². The second-order valence-electron chi connectivity index (χ2n) is 5.19. The molecule has 0 N–H and O–H groups in total. The van der Waals surface area contributed by atoms with Crippen molar-refractivity contribution in [1.29, 1.82) is 0 Å². The molecular formula is C18H15F3O3. The Balaban J connectivity index is 2.35. The van der Waals surface area contributed by atoms with Crippen LogP contribution in [0.1, 0.15) is 18.9 Å². The molecular weight excluding hydrogens is 321 g/mol. The third-order valence-electron chi connectivity index (χ3n) is 3.60. The molecule has 0 fully saturated rings. The van der Waals surface area contributed by atoms with E-state index in [0.717, 1.165) is 10.8 Å². The molecule has 0 spiro atoms. The Labute approximate surface area is 136 Å². The lowest BCUT2D eigenvalue weighted by Crippen LogP contribution is -2.32. The zero-order valence-corrected chi connectivity index (χ0v) is 12.9. The number of halogens is 3. The van der Waals surface area contributed by atoms with Crippen molar-refractivity contribution >= 4 is 28.3 Å². The molecule has 0 radical (unpaired) electrons. The summed E-state index contributed by atoms with van der Waals surface area (Å²) in [6.45, 7) is 1.26. The molecule has 0 aromatic heterocycles. The number of hydrogen-bond acceptors (Lipinski definition) is 3. The minimum atomic E-state index is -4.80. The van der Waals surface area contributed by atoms with Crippen LogP contribution in [0, 0.1) is 5.92 Å². The summed E-state index contributed by atoms with van der Waals surface area (Å²) in [5.74, 6) is -2.24. The third-order valence-corrected chi connectivity index (χ3v) is 3.60. The Hall–Kier alpha value is -2.59. The van der Waals surface area contributed by atoms with Crippen LogP contribution in [0.2, 0.25) is 0 Å². The van der Waals surface area contributed by atoms with Crippen LogP contribution in [0.15, 0.2) is 42.5 Å². The first-order valence-electron chi connectivity index (χ1n) is 7.33. The Morgan fingerprint density at radius 2 is 1.83 bits per heavy atom. The minimum absolute atomic E-state index is 0.165. The van der Waals surface area contributed by atoms with Crippen molar-refractivity contribution in [2.75, 3.05) is 6.61 Å². The van der Waals surface area contributed by atoms with Crippen LogP contribution in [0.25, 0.3) is 16.3 Å². The fraction of sp³-hybridized carbons (Fsp3) is 0.278. The van der Waals surface area contributed by atoms with Gasteiger partial charge in [-0.25, -0.2) is 4.79 Å². The molecule has 0 aliphatic rings. The van der Waals surface area contributed by atoms with Gasteiger partial charge in [-0.05, 0) is 29.3 Å². The molecule has 0 aliphatic carbocycles. The summed E-state index contributed by atoms with van der Waals surface area (Å²) < 4.78 is 43.8. The summed E-state index contributed by atoms with van der Waals surface area (Å²) >= 11 is 0. The fourth-order valence-corrected chi connectivity index (χ4v) is 2.38. The van der Waals surface area contributed by atoms with E-state index in [0.29, 0.717) is 5.56 Å². The number of fused-ring (bicyclic) bond motifs is 1. The smallest absolute Gasteiger partial charge is 0.402 e. The number of rotatable bonds is 5. The number of esters is 1. The molecule has 0 bridgehead atoms. The Morgan fingerprint density at radius 3 is 2.42 bits per heavy atom. The van der Waals surface area contributed by atoms with E-state index in [1.165, 1.54) is 6.92 Å². The maximum Gasteiger partial charge on any atom is 0.402 e. The van der Waals surface area contributed by atoms with Gasteiger partial charge >= 0.3 is 12.1 Å². The number of carbonyl (C=O) groups excluding carboxylic acids is 2. The van der Waals surface area contributed by atoms with Crippen molar-refractivity contribution in [3.05, 3.63) is 48.0 Å². The normalized spacial score (nSPS) is 12.5. The maximum atomic E-state index is 13.1. The van der Waals surface area contributed by atoms with Gasteiger partial charge in [0, 0.05) is 12.0 Å². The Morgan fingerprint density at radius 1 is 1.17 bits per heavy atom. The summed E-state index contributed by atoms with van der Waals surface area (Å²) in [5.41, 5.74) is 0.0957. The van der Waals surface area contributed by atoms with Gasteiger partial charge in [-0.3, -0.25) is 4.79 Å². The van der Waals surface area contributed by atoms with E-state index in [-0.39, 0.29) is 12.2 Å². The highest BCUT2D eigenvalue weighted by Gasteiger charge is 2.46. The van der Waals surface area contributed by atoms with Crippen molar-refractivity contribution in [3.63, 3.8) is 0 Å². The molecule has 0 heterocycles. The largest absolute Gasteiger partial charge is 0.466 e. The highest BCUT2D eigenvalue weighted by molar-refractivity contribution is 5.94. The van der Waals surface area contributed by atoms with E-state index in [9.17, 15) is 22.8 Å². The van der Waals surface area contributed by atoms with E-state index in [2.05, 4.69) is 4.74 Å². The Bertz CT molecular complexity index is 789.